The zero-order valence-electron chi connectivity index (χ0n) is 9.26. The molecule has 2 aliphatic carbocycles. The summed E-state index contributed by atoms with van der Waals surface area (Å²) in [6.45, 7) is 4.96. The van der Waals surface area contributed by atoms with Crippen LogP contribution < -0.4 is 0 Å². The van der Waals surface area contributed by atoms with Gasteiger partial charge in [0.25, 0.3) is 0 Å². The van der Waals surface area contributed by atoms with E-state index in [4.69, 9.17) is 0 Å². The molecule has 2 aliphatic rings. The van der Waals surface area contributed by atoms with Crippen molar-refractivity contribution in [1.29, 1.82) is 0 Å². The van der Waals surface area contributed by atoms with E-state index in [2.05, 4.69) is 13.8 Å². The summed E-state index contributed by atoms with van der Waals surface area (Å²) in [7, 11) is 0. The Morgan fingerprint density at radius 3 is 2.31 bits per heavy atom. The Bertz CT molecular complexity index is 161. The third-order valence-electron chi connectivity index (χ3n) is 4.52. The molecule has 76 valence electrons. The molecule has 0 radical (unpaired) electrons. The molecule has 0 nitrogen and oxygen atoms in total. The van der Waals surface area contributed by atoms with Gasteiger partial charge >= 0.3 is 0 Å². The molecule has 0 aromatic heterocycles. The quantitative estimate of drug-likeness (QED) is 0.523. The molecule has 0 aromatic rings. The molecule has 0 amide bonds. The highest BCUT2D eigenvalue weighted by Gasteiger charge is 2.32. The molecular weight excluding hydrogens is 156 g/mol. The molecule has 4 unspecified atom stereocenters. The maximum atomic E-state index is 2.49. The molecule has 0 bridgehead atoms. The molecule has 0 N–H and O–H groups in total. The van der Waals surface area contributed by atoms with E-state index in [9.17, 15) is 0 Å². The van der Waals surface area contributed by atoms with Crippen molar-refractivity contribution < 1.29 is 0 Å². The number of hydrogen-bond donors (Lipinski definition) is 0. The smallest absolute Gasteiger partial charge is 0.0358 e. The van der Waals surface area contributed by atoms with Gasteiger partial charge in [0.1, 0.15) is 0 Å². The van der Waals surface area contributed by atoms with Crippen molar-refractivity contribution in [3.63, 3.8) is 0 Å². The van der Waals surface area contributed by atoms with Crippen molar-refractivity contribution in [3.8, 4) is 0 Å². The fraction of sp³-hybridized carbons (Fsp3) is 1.00. The summed E-state index contributed by atoms with van der Waals surface area (Å²) in [5.41, 5.74) is 0. The van der Waals surface area contributed by atoms with Crippen LogP contribution in [-0.4, -0.2) is 0 Å². The third-order valence-corrected chi connectivity index (χ3v) is 4.52. The van der Waals surface area contributed by atoms with Crippen molar-refractivity contribution >= 4 is 0 Å². The average Bonchev–Trinajstić information content (AvgIpc) is 2.28. The number of fused-ring (bicyclic) bond motifs is 1. The molecule has 2 saturated carbocycles. The van der Waals surface area contributed by atoms with Gasteiger partial charge in [-0.25, -0.2) is 0 Å². The molecule has 0 heteroatoms. The lowest BCUT2D eigenvalue weighted by atomic mass is 9.70. The van der Waals surface area contributed by atoms with Gasteiger partial charge in [-0.3, -0.25) is 0 Å². The molecule has 0 saturated heterocycles. The van der Waals surface area contributed by atoms with Crippen LogP contribution in [0.5, 0.6) is 0 Å². The molecule has 2 rings (SSSR count). The van der Waals surface area contributed by atoms with Crippen LogP contribution in [-0.2, 0) is 0 Å². The Kier molecular flexibility index (Phi) is 2.96. The fourth-order valence-corrected chi connectivity index (χ4v) is 3.69. The van der Waals surface area contributed by atoms with Crippen LogP contribution in [0, 0.1) is 23.7 Å². The number of hydrogen-bond acceptors (Lipinski definition) is 0. The second kappa shape index (κ2) is 4.02. The second-order valence-electron chi connectivity index (χ2n) is 5.60. The first-order valence-electron chi connectivity index (χ1n) is 6.27. The van der Waals surface area contributed by atoms with Gasteiger partial charge in [0.15, 0.2) is 0 Å². The average molecular weight is 180 g/mol. The van der Waals surface area contributed by atoms with E-state index >= 15 is 0 Å². The van der Waals surface area contributed by atoms with Crippen LogP contribution in [0.4, 0.5) is 0 Å². The van der Waals surface area contributed by atoms with E-state index in [-0.39, 0.29) is 0 Å². The van der Waals surface area contributed by atoms with Gasteiger partial charge < -0.3 is 0 Å². The van der Waals surface area contributed by atoms with Gasteiger partial charge in [-0.1, -0.05) is 52.4 Å². The Morgan fingerprint density at radius 2 is 1.54 bits per heavy atom. The molecule has 0 spiro atoms. The summed E-state index contributed by atoms with van der Waals surface area (Å²) < 4.78 is 0. The standard InChI is InChI=1S/C13H24/c1-10-5-3-7-12-8-4-6-11(2)13(12)9-10/h10-13H,3-9H2,1-2H3. The lowest BCUT2D eigenvalue weighted by Gasteiger charge is -2.36. The van der Waals surface area contributed by atoms with E-state index in [1.54, 1.807) is 12.8 Å². The molecule has 13 heavy (non-hydrogen) atoms. The van der Waals surface area contributed by atoms with Crippen LogP contribution in [0.2, 0.25) is 0 Å². The Balaban J connectivity index is 2.03. The van der Waals surface area contributed by atoms with Crippen LogP contribution in [0.3, 0.4) is 0 Å². The van der Waals surface area contributed by atoms with Crippen molar-refractivity contribution in [2.45, 2.75) is 58.8 Å². The molecule has 0 aliphatic heterocycles. The van der Waals surface area contributed by atoms with Crippen LogP contribution in [0.25, 0.3) is 0 Å². The topological polar surface area (TPSA) is 0 Å². The Labute approximate surface area is 83.1 Å². The lowest BCUT2D eigenvalue weighted by Crippen LogP contribution is -2.26. The third kappa shape index (κ3) is 2.08. The van der Waals surface area contributed by atoms with Crippen LogP contribution >= 0.6 is 0 Å². The van der Waals surface area contributed by atoms with Gasteiger partial charge in [-0.2, -0.15) is 0 Å². The van der Waals surface area contributed by atoms with Gasteiger partial charge in [0.05, 0.1) is 0 Å². The lowest BCUT2D eigenvalue weighted by molar-refractivity contribution is 0.145. The van der Waals surface area contributed by atoms with Crippen molar-refractivity contribution in [1.82, 2.24) is 0 Å². The molecule has 2 fully saturated rings. The maximum absolute atomic E-state index is 2.49. The first kappa shape index (κ1) is 9.55. The first-order valence-corrected chi connectivity index (χ1v) is 6.27. The highest BCUT2D eigenvalue weighted by molar-refractivity contribution is 4.83. The predicted molar refractivity (Wildman–Crippen MR) is 57.6 cm³/mol. The van der Waals surface area contributed by atoms with E-state index < -0.39 is 0 Å². The SMILES string of the molecule is CC1CCCC2CCCC(C)C2C1. The zero-order chi connectivity index (χ0) is 9.26. The molecular formula is C13H24. The van der Waals surface area contributed by atoms with Crippen molar-refractivity contribution in [2.75, 3.05) is 0 Å². The predicted octanol–water partition coefficient (Wildman–Crippen LogP) is 4.25. The number of rotatable bonds is 0. The van der Waals surface area contributed by atoms with E-state index in [0.717, 1.165) is 23.7 Å². The Morgan fingerprint density at radius 1 is 0.846 bits per heavy atom. The first-order chi connectivity index (χ1) is 6.27. The van der Waals surface area contributed by atoms with Crippen molar-refractivity contribution in [3.05, 3.63) is 0 Å². The molecule has 0 heterocycles. The highest BCUT2D eigenvalue weighted by Crippen LogP contribution is 2.43. The van der Waals surface area contributed by atoms with Gasteiger partial charge in [-0.05, 0) is 30.1 Å². The minimum atomic E-state index is 1.01. The fourth-order valence-electron chi connectivity index (χ4n) is 3.69. The molecule has 4 atom stereocenters. The van der Waals surface area contributed by atoms with Gasteiger partial charge in [0.2, 0.25) is 0 Å². The summed E-state index contributed by atoms with van der Waals surface area (Å²) >= 11 is 0. The molecule has 0 aromatic carbocycles. The van der Waals surface area contributed by atoms with Gasteiger partial charge in [0, 0.05) is 0 Å². The van der Waals surface area contributed by atoms with Crippen molar-refractivity contribution in [2.24, 2.45) is 23.7 Å². The van der Waals surface area contributed by atoms with E-state index in [1.165, 1.54) is 32.1 Å². The summed E-state index contributed by atoms with van der Waals surface area (Å²) in [6, 6.07) is 0. The van der Waals surface area contributed by atoms with Crippen LogP contribution in [0.1, 0.15) is 58.8 Å². The van der Waals surface area contributed by atoms with E-state index in [1.807, 2.05) is 0 Å². The minimum absolute atomic E-state index is 1.01. The van der Waals surface area contributed by atoms with Crippen LogP contribution in [0.15, 0.2) is 0 Å². The normalized spacial score (nSPS) is 46.6. The summed E-state index contributed by atoms with van der Waals surface area (Å²) in [5.74, 6) is 4.23. The largest absolute Gasteiger partial charge is 0.0625 e. The Hall–Kier alpha value is 0. The van der Waals surface area contributed by atoms with E-state index in [0.29, 0.717) is 0 Å². The zero-order valence-corrected chi connectivity index (χ0v) is 9.26. The maximum Gasteiger partial charge on any atom is -0.0358 e. The summed E-state index contributed by atoms with van der Waals surface area (Å²) in [4.78, 5) is 0. The van der Waals surface area contributed by atoms with Gasteiger partial charge in [-0.15, -0.1) is 0 Å². The highest BCUT2D eigenvalue weighted by atomic mass is 14.4. The summed E-state index contributed by atoms with van der Waals surface area (Å²) in [6.07, 6.45) is 10.6. The summed E-state index contributed by atoms with van der Waals surface area (Å²) in [5, 5.41) is 0. The monoisotopic (exact) mass is 180 g/mol. The minimum Gasteiger partial charge on any atom is -0.0625 e. The second-order valence-corrected chi connectivity index (χ2v) is 5.60.